The van der Waals surface area contributed by atoms with Gasteiger partial charge < -0.3 is 26.3 Å². The Morgan fingerprint density at radius 1 is 0.812 bits per heavy atom. The predicted molar refractivity (Wildman–Crippen MR) is 193 cm³/mol. The molecule has 0 fully saturated rings. The lowest BCUT2D eigenvalue weighted by molar-refractivity contribution is -0.125. The Bertz CT molecular complexity index is 1490. The number of aryl methyl sites for hydroxylation is 2. The van der Waals surface area contributed by atoms with E-state index in [0.717, 1.165) is 111 Å². The summed E-state index contributed by atoms with van der Waals surface area (Å²) >= 11 is 0. The lowest BCUT2D eigenvalue weighted by Crippen LogP contribution is -2.32. The SMILES string of the molecule is CCCCc1nc2c(N)nc3ccccc3c2n1CCCCNC(=O)CCC(=O)CCCCCCC(=O)NCCCCC(NC)C(C)=O. The highest BCUT2D eigenvalue weighted by Gasteiger charge is 2.17. The molecule has 2 heterocycles. The summed E-state index contributed by atoms with van der Waals surface area (Å²) < 4.78 is 2.28. The number of anilines is 1. The number of amides is 2. The maximum atomic E-state index is 12.4. The summed E-state index contributed by atoms with van der Waals surface area (Å²) in [5.41, 5.74) is 8.96. The second-order valence-corrected chi connectivity index (χ2v) is 12.8. The van der Waals surface area contributed by atoms with Gasteiger partial charge in [0.25, 0.3) is 0 Å². The van der Waals surface area contributed by atoms with Crippen molar-refractivity contribution in [3.8, 4) is 0 Å². The highest BCUT2D eigenvalue weighted by atomic mass is 16.2. The van der Waals surface area contributed by atoms with Gasteiger partial charge in [-0.25, -0.2) is 9.97 Å². The molecule has 0 aliphatic rings. The molecule has 0 spiro atoms. The van der Waals surface area contributed by atoms with Gasteiger partial charge in [-0.2, -0.15) is 0 Å². The van der Waals surface area contributed by atoms with Gasteiger partial charge in [0, 0.05) is 57.1 Å². The van der Waals surface area contributed by atoms with E-state index >= 15 is 0 Å². The van der Waals surface area contributed by atoms with Gasteiger partial charge in [0.15, 0.2) is 5.82 Å². The number of carbonyl (C=O) groups is 4. The molecule has 48 heavy (non-hydrogen) atoms. The van der Waals surface area contributed by atoms with Gasteiger partial charge in [-0.1, -0.05) is 44.4 Å². The number of Topliss-reactive ketones (excluding diaryl/α,β-unsaturated/α-hetero) is 2. The molecule has 3 rings (SSSR count). The van der Waals surface area contributed by atoms with Crippen LogP contribution in [0.3, 0.4) is 0 Å². The van der Waals surface area contributed by atoms with Crippen LogP contribution in [0.25, 0.3) is 21.9 Å². The number of fused-ring (bicyclic) bond motifs is 3. The molecule has 1 aromatic carbocycles. The normalized spacial score (nSPS) is 12.0. The summed E-state index contributed by atoms with van der Waals surface area (Å²) in [6, 6.07) is 7.91. The third kappa shape index (κ3) is 12.6. The van der Waals surface area contributed by atoms with Crippen molar-refractivity contribution in [3.63, 3.8) is 0 Å². The number of nitrogens with one attached hydrogen (secondary N) is 3. The minimum atomic E-state index is -0.105. The molecule has 0 aliphatic carbocycles. The fraction of sp³-hybridized carbons (Fsp3) is 0.622. The summed E-state index contributed by atoms with van der Waals surface area (Å²) in [5, 5.41) is 9.97. The molecule has 0 aliphatic heterocycles. The molecule has 3 aromatic rings. The highest BCUT2D eigenvalue weighted by Crippen LogP contribution is 2.29. The predicted octanol–water partition coefficient (Wildman–Crippen LogP) is 5.56. The highest BCUT2D eigenvalue weighted by molar-refractivity contribution is 6.06. The number of unbranched alkanes of at least 4 members (excludes halogenated alkanes) is 6. The van der Waals surface area contributed by atoms with Gasteiger partial charge in [-0.15, -0.1) is 0 Å². The van der Waals surface area contributed by atoms with E-state index in [4.69, 9.17) is 10.7 Å². The van der Waals surface area contributed by atoms with Crippen molar-refractivity contribution in [2.24, 2.45) is 0 Å². The van der Waals surface area contributed by atoms with Crippen LogP contribution < -0.4 is 21.7 Å². The van der Waals surface area contributed by atoms with Crippen LogP contribution in [0.4, 0.5) is 5.82 Å². The number of hydrogen-bond acceptors (Lipinski definition) is 8. The van der Waals surface area contributed by atoms with E-state index in [-0.39, 0.29) is 42.3 Å². The third-order valence-corrected chi connectivity index (χ3v) is 8.90. The van der Waals surface area contributed by atoms with Crippen molar-refractivity contribution < 1.29 is 19.2 Å². The van der Waals surface area contributed by atoms with Crippen molar-refractivity contribution >= 4 is 51.1 Å². The minimum Gasteiger partial charge on any atom is -0.382 e. The van der Waals surface area contributed by atoms with Crippen molar-refractivity contribution in [3.05, 3.63) is 30.1 Å². The van der Waals surface area contributed by atoms with Crippen molar-refractivity contribution in [2.75, 3.05) is 25.9 Å². The number of likely N-dealkylation sites (N-methyl/N-ethyl adjacent to an activating group) is 1. The van der Waals surface area contributed by atoms with Crippen molar-refractivity contribution in [2.45, 2.75) is 129 Å². The Morgan fingerprint density at radius 2 is 1.50 bits per heavy atom. The molecule has 5 N–H and O–H groups in total. The fourth-order valence-corrected chi connectivity index (χ4v) is 6.06. The number of benzene rings is 1. The first-order valence-electron chi connectivity index (χ1n) is 18.0. The first kappa shape index (κ1) is 38.6. The van der Waals surface area contributed by atoms with E-state index in [9.17, 15) is 19.2 Å². The number of ketones is 2. The van der Waals surface area contributed by atoms with Gasteiger partial charge in [0.1, 0.15) is 22.9 Å². The van der Waals surface area contributed by atoms with Crippen LogP contribution in [0, 0.1) is 0 Å². The molecule has 11 nitrogen and oxygen atoms in total. The number of imidazole rings is 1. The smallest absolute Gasteiger partial charge is 0.220 e. The molecular formula is C37H57N7O4. The number of pyridine rings is 1. The quantitative estimate of drug-likeness (QED) is 0.0857. The monoisotopic (exact) mass is 663 g/mol. The molecule has 264 valence electrons. The molecule has 11 heteroatoms. The summed E-state index contributed by atoms with van der Waals surface area (Å²) in [7, 11) is 1.79. The van der Waals surface area contributed by atoms with Crippen LogP contribution in [0.1, 0.15) is 116 Å². The summed E-state index contributed by atoms with van der Waals surface area (Å²) in [4.78, 5) is 57.6. The van der Waals surface area contributed by atoms with Crippen LogP contribution in [0.2, 0.25) is 0 Å². The zero-order valence-electron chi connectivity index (χ0n) is 29.4. The van der Waals surface area contributed by atoms with E-state index in [1.54, 1.807) is 14.0 Å². The zero-order chi connectivity index (χ0) is 34.7. The maximum Gasteiger partial charge on any atom is 0.220 e. The minimum absolute atomic E-state index is 0.0529. The molecule has 2 amide bonds. The second-order valence-electron chi connectivity index (χ2n) is 12.8. The van der Waals surface area contributed by atoms with Crippen LogP contribution in [0.5, 0.6) is 0 Å². The van der Waals surface area contributed by atoms with Gasteiger partial charge >= 0.3 is 0 Å². The van der Waals surface area contributed by atoms with Crippen LogP contribution >= 0.6 is 0 Å². The van der Waals surface area contributed by atoms with Crippen molar-refractivity contribution in [1.29, 1.82) is 0 Å². The van der Waals surface area contributed by atoms with Crippen LogP contribution in [0.15, 0.2) is 24.3 Å². The Hall–Kier alpha value is -3.86. The molecule has 0 saturated carbocycles. The van der Waals surface area contributed by atoms with E-state index in [1.165, 1.54) is 0 Å². The average molecular weight is 664 g/mol. The maximum absolute atomic E-state index is 12.4. The third-order valence-electron chi connectivity index (χ3n) is 8.90. The fourth-order valence-electron chi connectivity index (χ4n) is 6.06. The number of hydrogen-bond donors (Lipinski definition) is 4. The molecule has 0 radical (unpaired) electrons. The number of nitrogens with zero attached hydrogens (tertiary/aromatic N) is 3. The topological polar surface area (TPSA) is 161 Å². The summed E-state index contributed by atoms with van der Waals surface area (Å²) in [6.45, 7) is 5.74. The van der Waals surface area contributed by atoms with Crippen molar-refractivity contribution in [1.82, 2.24) is 30.5 Å². The molecule has 0 bridgehead atoms. The molecule has 1 unspecified atom stereocenters. The Morgan fingerprint density at radius 3 is 2.21 bits per heavy atom. The van der Waals surface area contributed by atoms with E-state index in [1.807, 2.05) is 18.2 Å². The van der Waals surface area contributed by atoms with Gasteiger partial charge in [-0.3, -0.25) is 19.2 Å². The number of aromatic nitrogens is 3. The lowest BCUT2D eigenvalue weighted by atomic mass is 10.1. The molecule has 1 atom stereocenters. The number of nitrogen functional groups attached to an aromatic ring is 1. The zero-order valence-corrected chi connectivity index (χ0v) is 29.4. The Kier molecular flexibility index (Phi) is 17.0. The lowest BCUT2D eigenvalue weighted by Gasteiger charge is -2.12. The van der Waals surface area contributed by atoms with Gasteiger partial charge in [0.2, 0.25) is 11.8 Å². The summed E-state index contributed by atoms with van der Waals surface area (Å²) in [6.07, 6.45) is 12.1. The first-order valence-corrected chi connectivity index (χ1v) is 18.0. The molecular weight excluding hydrogens is 606 g/mol. The first-order chi connectivity index (χ1) is 23.2. The standard InChI is InChI=1S/C37H57N7O4/c1-4-5-20-32-43-35-36(29-17-10-11-19-31(29)42-37(35)38)44(32)26-15-14-25-41-34(48)23-22-28(46)16-8-6-7-9-21-33(47)40-24-13-12-18-30(39-3)27(2)45/h10-11,17,19,30,39H,4-9,12-16,18,20-26H2,1-3H3,(H2,38,42)(H,40,47)(H,41,48). The number of rotatable bonds is 25. The number of para-hydroxylation sites is 1. The molecule has 0 saturated heterocycles. The van der Waals surface area contributed by atoms with Gasteiger partial charge in [0.05, 0.1) is 17.1 Å². The number of nitrogens with two attached hydrogens (primary N) is 1. The van der Waals surface area contributed by atoms with E-state index < -0.39 is 0 Å². The van der Waals surface area contributed by atoms with E-state index in [0.29, 0.717) is 31.7 Å². The summed E-state index contributed by atoms with van der Waals surface area (Å²) in [5.74, 6) is 1.70. The van der Waals surface area contributed by atoms with Crippen LogP contribution in [-0.2, 0) is 32.1 Å². The van der Waals surface area contributed by atoms with Gasteiger partial charge in [-0.05, 0) is 71.4 Å². The Labute approximate surface area is 285 Å². The largest absolute Gasteiger partial charge is 0.382 e. The average Bonchev–Trinajstić information content (AvgIpc) is 3.44. The second kappa shape index (κ2) is 21.2. The van der Waals surface area contributed by atoms with Crippen LogP contribution in [-0.4, -0.2) is 64.1 Å². The molecule has 2 aromatic heterocycles. The Balaban J connectivity index is 1.25. The van der Waals surface area contributed by atoms with E-state index in [2.05, 4.69) is 38.5 Å². The number of carbonyl (C=O) groups excluding carboxylic acids is 4.